The SMILES string of the molecule is Cc1cc(C)cc(Oc2cc(NC(=O)c3cc([N+](=O)[O-])[nH]n3)cc([N+](=O)[O-])c2)c1. The molecule has 3 aromatic rings. The van der Waals surface area contributed by atoms with E-state index in [1.165, 1.54) is 12.1 Å². The average Bonchev–Trinajstić information content (AvgIpc) is 3.11. The van der Waals surface area contributed by atoms with E-state index in [2.05, 4.69) is 15.5 Å². The first-order valence-corrected chi connectivity index (χ1v) is 8.28. The molecule has 0 radical (unpaired) electrons. The summed E-state index contributed by atoms with van der Waals surface area (Å²) in [6.45, 7) is 3.78. The van der Waals surface area contributed by atoms with Crippen LogP contribution >= 0.6 is 0 Å². The molecule has 0 spiro atoms. The van der Waals surface area contributed by atoms with Crippen molar-refractivity contribution >= 4 is 23.1 Å². The molecule has 1 aromatic heterocycles. The monoisotopic (exact) mass is 397 g/mol. The van der Waals surface area contributed by atoms with Gasteiger partial charge < -0.3 is 20.2 Å². The van der Waals surface area contributed by atoms with Gasteiger partial charge in [0.15, 0.2) is 5.69 Å². The van der Waals surface area contributed by atoms with Gasteiger partial charge in [0, 0.05) is 12.1 Å². The van der Waals surface area contributed by atoms with Gasteiger partial charge in [-0.2, -0.15) is 0 Å². The Labute approximate surface area is 163 Å². The predicted molar refractivity (Wildman–Crippen MR) is 102 cm³/mol. The molecular weight excluding hydrogens is 382 g/mol. The Bertz CT molecular complexity index is 1100. The number of H-pyrrole nitrogens is 1. The van der Waals surface area contributed by atoms with E-state index in [9.17, 15) is 25.0 Å². The van der Waals surface area contributed by atoms with Crippen LogP contribution in [0.4, 0.5) is 17.2 Å². The third-order valence-electron chi connectivity index (χ3n) is 3.78. The molecule has 3 rings (SSSR count). The molecule has 1 amide bonds. The van der Waals surface area contributed by atoms with Crippen LogP contribution in [0.1, 0.15) is 21.6 Å². The van der Waals surface area contributed by atoms with Gasteiger partial charge in [-0.05, 0) is 42.0 Å². The fraction of sp³-hybridized carbons (Fsp3) is 0.111. The molecule has 0 aliphatic carbocycles. The van der Waals surface area contributed by atoms with E-state index in [0.29, 0.717) is 5.75 Å². The maximum Gasteiger partial charge on any atom is 0.343 e. The number of ether oxygens (including phenoxy) is 1. The number of hydrogen-bond acceptors (Lipinski definition) is 7. The van der Waals surface area contributed by atoms with Crippen LogP contribution < -0.4 is 10.1 Å². The number of carbonyl (C=O) groups excluding carboxylic acids is 1. The number of aryl methyl sites for hydroxylation is 2. The summed E-state index contributed by atoms with van der Waals surface area (Å²) in [7, 11) is 0. The second-order valence-electron chi connectivity index (χ2n) is 6.25. The normalized spacial score (nSPS) is 10.4. The van der Waals surface area contributed by atoms with E-state index in [1.807, 2.05) is 19.9 Å². The fourth-order valence-corrected chi connectivity index (χ4v) is 2.66. The summed E-state index contributed by atoms with van der Waals surface area (Å²) in [5.41, 5.74) is 1.46. The van der Waals surface area contributed by atoms with Crippen molar-refractivity contribution in [3.05, 3.63) is 79.5 Å². The molecular formula is C18H15N5O6. The minimum atomic E-state index is -0.771. The maximum atomic E-state index is 12.3. The number of aromatic amines is 1. The van der Waals surface area contributed by atoms with Crippen molar-refractivity contribution in [2.75, 3.05) is 5.32 Å². The lowest BCUT2D eigenvalue weighted by Gasteiger charge is -2.10. The van der Waals surface area contributed by atoms with Crippen LogP contribution in [0.25, 0.3) is 0 Å². The molecule has 11 nitrogen and oxygen atoms in total. The summed E-state index contributed by atoms with van der Waals surface area (Å²) in [6, 6.07) is 10.2. The van der Waals surface area contributed by atoms with Crippen molar-refractivity contribution in [1.82, 2.24) is 10.2 Å². The molecule has 0 saturated carbocycles. The number of non-ortho nitro benzene ring substituents is 1. The van der Waals surface area contributed by atoms with Gasteiger partial charge in [-0.1, -0.05) is 11.2 Å². The Morgan fingerprint density at radius 1 is 0.966 bits per heavy atom. The largest absolute Gasteiger partial charge is 0.457 e. The number of aromatic nitrogens is 2. The number of anilines is 1. The molecule has 0 aliphatic heterocycles. The zero-order valence-corrected chi connectivity index (χ0v) is 15.3. The zero-order chi connectivity index (χ0) is 21.1. The lowest BCUT2D eigenvalue weighted by molar-refractivity contribution is -0.389. The minimum absolute atomic E-state index is 0.0780. The third kappa shape index (κ3) is 4.71. The highest BCUT2D eigenvalue weighted by molar-refractivity contribution is 6.03. The van der Waals surface area contributed by atoms with Gasteiger partial charge in [0.05, 0.1) is 22.7 Å². The first kappa shape index (κ1) is 19.5. The molecule has 0 bridgehead atoms. The summed E-state index contributed by atoms with van der Waals surface area (Å²) < 4.78 is 5.73. The first-order valence-electron chi connectivity index (χ1n) is 8.28. The summed E-state index contributed by atoms with van der Waals surface area (Å²) in [5, 5.41) is 30.0. The number of hydrogen-bond donors (Lipinski definition) is 2. The molecule has 2 N–H and O–H groups in total. The number of rotatable bonds is 6. The number of nitro benzene ring substituents is 1. The molecule has 0 aliphatic rings. The number of benzene rings is 2. The first-order chi connectivity index (χ1) is 13.7. The zero-order valence-electron chi connectivity index (χ0n) is 15.3. The second-order valence-corrected chi connectivity index (χ2v) is 6.25. The summed E-state index contributed by atoms with van der Waals surface area (Å²) >= 11 is 0. The van der Waals surface area contributed by atoms with Crippen LogP contribution in [0, 0.1) is 34.1 Å². The molecule has 148 valence electrons. The highest BCUT2D eigenvalue weighted by Gasteiger charge is 2.18. The summed E-state index contributed by atoms with van der Waals surface area (Å²) in [4.78, 5) is 32.8. The Morgan fingerprint density at radius 3 is 2.21 bits per heavy atom. The number of nitrogens with one attached hydrogen (secondary N) is 2. The summed E-state index contributed by atoms with van der Waals surface area (Å²) in [6.07, 6.45) is 0. The molecule has 2 aromatic carbocycles. The number of carbonyl (C=O) groups is 1. The predicted octanol–water partition coefficient (Wildman–Crippen LogP) is 3.89. The van der Waals surface area contributed by atoms with E-state index in [1.54, 1.807) is 12.1 Å². The van der Waals surface area contributed by atoms with Crippen molar-refractivity contribution < 1.29 is 19.4 Å². The number of nitrogens with zero attached hydrogens (tertiary/aromatic N) is 3. The van der Waals surface area contributed by atoms with Crippen molar-refractivity contribution in [1.29, 1.82) is 0 Å². The smallest absolute Gasteiger partial charge is 0.343 e. The molecule has 29 heavy (non-hydrogen) atoms. The molecule has 0 unspecified atom stereocenters. The van der Waals surface area contributed by atoms with Gasteiger partial charge in [0.2, 0.25) is 0 Å². The fourth-order valence-electron chi connectivity index (χ4n) is 2.66. The molecule has 11 heteroatoms. The Kier molecular flexibility index (Phi) is 5.21. The number of amides is 1. The van der Waals surface area contributed by atoms with Gasteiger partial charge in [-0.3, -0.25) is 14.9 Å². The van der Waals surface area contributed by atoms with E-state index in [-0.39, 0.29) is 22.8 Å². The molecule has 0 saturated heterocycles. The van der Waals surface area contributed by atoms with Crippen LogP contribution in [-0.4, -0.2) is 26.0 Å². The Morgan fingerprint density at radius 2 is 1.62 bits per heavy atom. The van der Waals surface area contributed by atoms with Gasteiger partial charge in [-0.25, -0.2) is 0 Å². The summed E-state index contributed by atoms with van der Waals surface area (Å²) in [5.74, 6) is -0.587. The molecule has 0 fully saturated rings. The van der Waals surface area contributed by atoms with E-state index >= 15 is 0 Å². The quantitative estimate of drug-likeness (QED) is 0.472. The van der Waals surface area contributed by atoms with Crippen molar-refractivity contribution in [2.24, 2.45) is 0 Å². The Hall–Kier alpha value is -4.28. The minimum Gasteiger partial charge on any atom is -0.457 e. The Balaban J connectivity index is 1.88. The van der Waals surface area contributed by atoms with Crippen LogP contribution in [0.15, 0.2) is 42.5 Å². The molecule has 0 atom stereocenters. The van der Waals surface area contributed by atoms with Crippen LogP contribution in [-0.2, 0) is 0 Å². The van der Waals surface area contributed by atoms with Gasteiger partial charge in [0.25, 0.3) is 11.6 Å². The van der Waals surface area contributed by atoms with E-state index in [0.717, 1.165) is 23.3 Å². The highest BCUT2D eigenvalue weighted by atomic mass is 16.6. The van der Waals surface area contributed by atoms with Crippen LogP contribution in [0.3, 0.4) is 0 Å². The second kappa shape index (κ2) is 7.76. The number of nitro groups is 2. The maximum absolute atomic E-state index is 12.3. The van der Waals surface area contributed by atoms with E-state index < -0.39 is 21.6 Å². The standard InChI is InChI=1S/C18H15N5O6/c1-10-3-11(2)5-14(4-10)29-15-7-12(6-13(8-15)22(25)26)19-18(24)16-9-17(21-20-16)23(27)28/h3-9H,1-2H3,(H,19,24)(H,20,21). The van der Waals surface area contributed by atoms with E-state index in [4.69, 9.17) is 4.74 Å². The van der Waals surface area contributed by atoms with Gasteiger partial charge in [-0.15, -0.1) is 5.10 Å². The molecule has 1 heterocycles. The highest BCUT2D eigenvalue weighted by Crippen LogP contribution is 2.31. The third-order valence-corrected chi connectivity index (χ3v) is 3.78. The van der Waals surface area contributed by atoms with Crippen molar-refractivity contribution in [3.63, 3.8) is 0 Å². The topological polar surface area (TPSA) is 153 Å². The lowest BCUT2D eigenvalue weighted by Crippen LogP contribution is -2.12. The van der Waals surface area contributed by atoms with Crippen LogP contribution in [0.5, 0.6) is 11.5 Å². The van der Waals surface area contributed by atoms with Crippen molar-refractivity contribution in [2.45, 2.75) is 13.8 Å². The average molecular weight is 397 g/mol. The van der Waals surface area contributed by atoms with Crippen LogP contribution in [0.2, 0.25) is 0 Å². The lowest BCUT2D eigenvalue weighted by atomic mass is 10.1. The van der Waals surface area contributed by atoms with Gasteiger partial charge in [0.1, 0.15) is 11.5 Å². The van der Waals surface area contributed by atoms with Gasteiger partial charge >= 0.3 is 5.82 Å². The van der Waals surface area contributed by atoms with Crippen molar-refractivity contribution in [3.8, 4) is 11.5 Å².